The monoisotopic (exact) mass is 442 g/mol. The molecular weight excluding hydrogens is 427 g/mol. The topological polar surface area (TPSA) is 59.8 Å². The summed E-state index contributed by atoms with van der Waals surface area (Å²) in [6.45, 7) is 4.00. The summed E-state index contributed by atoms with van der Waals surface area (Å²) in [6.07, 6.45) is 0.305. The minimum atomic E-state index is -0.186. The van der Waals surface area contributed by atoms with Crippen LogP contribution in [0.2, 0.25) is 10.0 Å². The van der Waals surface area contributed by atoms with Crippen molar-refractivity contribution in [2.75, 3.05) is 5.32 Å². The fourth-order valence-electron chi connectivity index (χ4n) is 3.85. The van der Waals surface area contributed by atoms with Crippen molar-refractivity contribution in [1.82, 2.24) is 14.8 Å². The van der Waals surface area contributed by atoms with E-state index in [4.69, 9.17) is 33.3 Å². The van der Waals surface area contributed by atoms with Gasteiger partial charge in [-0.2, -0.15) is 9.78 Å². The fourth-order valence-corrected chi connectivity index (χ4v) is 5.41. The summed E-state index contributed by atoms with van der Waals surface area (Å²) >= 11 is 14.1. The van der Waals surface area contributed by atoms with Gasteiger partial charge in [0.15, 0.2) is 0 Å². The van der Waals surface area contributed by atoms with Gasteiger partial charge < -0.3 is 5.32 Å². The van der Waals surface area contributed by atoms with Crippen LogP contribution in [-0.2, 0) is 4.79 Å². The molecule has 146 valence electrons. The Labute approximate surface area is 181 Å². The molecule has 0 bridgehead atoms. The largest absolute Gasteiger partial charge is 0.310 e. The van der Waals surface area contributed by atoms with Gasteiger partial charge in [0.25, 0.3) is 0 Å². The number of benzene rings is 2. The molecule has 29 heavy (non-hydrogen) atoms. The van der Waals surface area contributed by atoms with Crippen molar-refractivity contribution in [3.63, 3.8) is 0 Å². The van der Waals surface area contributed by atoms with Crippen molar-refractivity contribution in [3.8, 4) is 5.13 Å². The molecule has 1 atom stereocenters. The summed E-state index contributed by atoms with van der Waals surface area (Å²) in [5.74, 6) is 0.394. The van der Waals surface area contributed by atoms with Gasteiger partial charge in [-0.05, 0) is 49.2 Å². The summed E-state index contributed by atoms with van der Waals surface area (Å²) in [5.41, 5.74) is 4.76. The number of hydrogen-bond donors (Lipinski definition) is 1. The zero-order chi connectivity index (χ0) is 20.3. The lowest BCUT2D eigenvalue weighted by molar-refractivity contribution is -0.116. The Kier molecular flexibility index (Phi) is 4.38. The predicted octanol–water partition coefficient (Wildman–Crippen LogP) is 5.88. The van der Waals surface area contributed by atoms with E-state index < -0.39 is 0 Å². The van der Waals surface area contributed by atoms with Crippen LogP contribution in [0.25, 0.3) is 15.3 Å². The first-order valence-corrected chi connectivity index (χ1v) is 10.7. The Balaban J connectivity index is 1.68. The van der Waals surface area contributed by atoms with E-state index in [9.17, 15) is 4.79 Å². The highest BCUT2D eigenvalue weighted by molar-refractivity contribution is 7.20. The molecule has 5 rings (SSSR count). The number of nitrogens with zero attached hydrogens (tertiary/aromatic N) is 3. The summed E-state index contributed by atoms with van der Waals surface area (Å²) in [5, 5.41) is 9.55. The molecule has 0 aliphatic carbocycles. The molecule has 2 aromatic carbocycles. The van der Waals surface area contributed by atoms with Crippen molar-refractivity contribution in [1.29, 1.82) is 0 Å². The number of nitrogens with one attached hydrogen (secondary N) is 1. The smallest absolute Gasteiger partial charge is 0.226 e. The van der Waals surface area contributed by atoms with E-state index in [0.717, 1.165) is 32.2 Å². The lowest BCUT2D eigenvalue weighted by Gasteiger charge is -2.24. The van der Waals surface area contributed by atoms with Crippen LogP contribution in [0.3, 0.4) is 0 Å². The van der Waals surface area contributed by atoms with Crippen molar-refractivity contribution >= 4 is 56.5 Å². The van der Waals surface area contributed by atoms with Crippen LogP contribution in [0, 0.1) is 13.8 Å². The second kappa shape index (κ2) is 6.83. The van der Waals surface area contributed by atoms with Crippen LogP contribution < -0.4 is 5.32 Å². The van der Waals surface area contributed by atoms with Gasteiger partial charge in [0.1, 0.15) is 5.82 Å². The Hall–Kier alpha value is -2.41. The van der Waals surface area contributed by atoms with E-state index in [1.807, 2.05) is 25.1 Å². The van der Waals surface area contributed by atoms with Crippen molar-refractivity contribution in [3.05, 3.63) is 68.8 Å². The van der Waals surface area contributed by atoms with Crippen molar-refractivity contribution in [2.45, 2.75) is 26.2 Å². The highest BCUT2D eigenvalue weighted by Crippen LogP contribution is 2.43. The number of anilines is 1. The van der Waals surface area contributed by atoms with E-state index in [0.29, 0.717) is 22.3 Å². The zero-order valence-corrected chi connectivity index (χ0v) is 18.0. The van der Waals surface area contributed by atoms with Crippen LogP contribution in [0.4, 0.5) is 5.82 Å². The highest BCUT2D eigenvalue weighted by atomic mass is 35.5. The zero-order valence-electron chi connectivity index (χ0n) is 15.7. The molecule has 0 unspecified atom stereocenters. The molecule has 0 saturated carbocycles. The molecular formula is C21H16Cl2N4OS. The number of amides is 1. The molecule has 0 spiro atoms. The third-order valence-electron chi connectivity index (χ3n) is 5.15. The second-order valence-electron chi connectivity index (χ2n) is 7.20. The maximum absolute atomic E-state index is 12.6. The molecule has 3 heterocycles. The first-order valence-electron chi connectivity index (χ1n) is 9.12. The van der Waals surface area contributed by atoms with Crippen LogP contribution in [0.1, 0.15) is 34.7 Å². The van der Waals surface area contributed by atoms with Gasteiger partial charge in [0.05, 0.1) is 15.9 Å². The lowest BCUT2D eigenvalue weighted by Crippen LogP contribution is -2.25. The maximum Gasteiger partial charge on any atom is 0.226 e. The highest BCUT2D eigenvalue weighted by Gasteiger charge is 2.34. The molecule has 2 aromatic heterocycles. The quantitative estimate of drug-likeness (QED) is 0.421. The van der Waals surface area contributed by atoms with Crippen molar-refractivity contribution < 1.29 is 4.79 Å². The molecule has 0 radical (unpaired) electrons. The Morgan fingerprint density at radius 1 is 1.17 bits per heavy atom. The summed E-state index contributed by atoms with van der Waals surface area (Å²) in [4.78, 5) is 17.3. The van der Waals surface area contributed by atoms with Crippen LogP contribution in [0.15, 0.2) is 36.4 Å². The van der Waals surface area contributed by atoms with Crippen LogP contribution >= 0.6 is 34.5 Å². The molecule has 1 amide bonds. The van der Waals surface area contributed by atoms with Gasteiger partial charge in [0, 0.05) is 27.9 Å². The summed E-state index contributed by atoms with van der Waals surface area (Å²) < 4.78 is 2.82. The van der Waals surface area contributed by atoms with Gasteiger partial charge in [-0.1, -0.05) is 46.7 Å². The molecule has 1 aliphatic heterocycles. The molecule has 1 aliphatic rings. The summed E-state index contributed by atoms with van der Waals surface area (Å²) in [6, 6.07) is 11.5. The minimum Gasteiger partial charge on any atom is -0.310 e. The molecule has 5 nitrogen and oxygen atoms in total. The number of thiazole rings is 1. The Morgan fingerprint density at radius 2 is 2.00 bits per heavy atom. The summed E-state index contributed by atoms with van der Waals surface area (Å²) in [7, 11) is 0. The van der Waals surface area contributed by atoms with Gasteiger partial charge in [-0.25, -0.2) is 4.98 Å². The first kappa shape index (κ1) is 18.6. The molecule has 4 aromatic rings. The third-order valence-corrected chi connectivity index (χ3v) is 6.71. The van der Waals surface area contributed by atoms with E-state index in [2.05, 4.69) is 18.3 Å². The second-order valence-corrected chi connectivity index (χ2v) is 9.05. The number of aryl methyl sites for hydroxylation is 2. The number of fused-ring (bicyclic) bond motifs is 2. The van der Waals surface area contributed by atoms with E-state index in [1.54, 1.807) is 28.2 Å². The number of hydrogen-bond acceptors (Lipinski definition) is 4. The maximum atomic E-state index is 12.6. The standard InChI is InChI=1S/C21H16Cl2N4OS/c1-10-3-6-16-17(7-10)29-21(24-16)27-20-19(11(2)26-27)14(9-18(28)25-20)13-5-4-12(22)8-15(13)23/h3-8,14H,9H2,1-2H3,(H,25,28)/t14-/m1/s1. The normalized spacial score (nSPS) is 16.1. The first-order chi connectivity index (χ1) is 13.9. The third kappa shape index (κ3) is 3.12. The SMILES string of the molecule is Cc1ccc2nc(-n3nc(C)c4c3NC(=O)C[C@@H]4c3ccc(Cl)cc3Cl)sc2c1. The lowest BCUT2D eigenvalue weighted by atomic mass is 9.86. The molecule has 0 fully saturated rings. The van der Waals surface area contributed by atoms with Gasteiger partial charge in [-0.15, -0.1) is 0 Å². The van der Waals surface area contributed by atoms with Gasteiger partial charge >= 0.3 is 0 Å². The van der Waals surface area contributed by atoms with E-state index >= 15 is 0 Å². The Bertz CT molecular complexity index is 1290. The van der Waals surface area contributed by atoms with Crippen molar-refractivity contribution in [2.24, 2.45) is 0 Å². The minimum absolute atomic E-state index is 0.0772. The average molecular weight is 443 g/mol. The number of aromatic nitrogens is 3. The van der Waals surface area contributed by atoms with E-state index in [-0.39, 0.29) is 11.8 Å². The van der Waals surface area contributed by atoms with Gasteiger partial charge in [0.2, 0.25) is 11.0 Å². The molecule has 1 N–H and O–H groups in total. The van der Waals surface area contributed by atoms with E-state index in [1.165, 1.54) is 5.56 Å². The van der Waals surface area contributed by atoms with Crippen LogP contribution in [0.5, 0.6) is 0 Å². The number of carbonyl (C=O) groups excluding carboxylic acids is 1. The average Bonchev–Trinajstić information content (AvgIpc) is 3.21. The van der Waals surface area contributed by atoms with Crippen LogP contribution in [-0.4, -0.2) is 20.7 Å². The fraction of sp³-hybridized carbons (Fsp3) is 0.190. The molecule has 0 saturated heterocycles. The molecule has 8 heteroatoms. The van der Waals surface area contributed by atoms with Gasteiger partial charge in [-0.3, -0.25) is 4.79 Å². The Morgan fingerprint density at radius 3 is 2.79 bits per heavy atom. The predicted molar refractivity (Wildman–Crippen MR) is 118 cm³/mol. The number of rotatable bonds is 2. The number of halogens is 2. The number of carbonyl (C=O) groups is 1.